The highest BCUT2D eigenvalue weighted by atomic mass is 19.4. The largest absolute Gasteiger partial charge is 0.497 e. The third kappa shape index (κ3) is 6.79. The van der Waals surface area contributed by atoms with Crippen LogP contribution in [0.25, 0.3) is 0 Å². The number of aromatic nitrogens is 1. The van der Waals surface area contributed by atoms with E-state index in [-0.39, 0.29) is 11.7 Å². The molecule has 5 nitrogen and oxygen atoms in total. The molecule has 0 spiro atoms. The van der Waals surface area contributed by atoms with Crippen LogP contribution >= 0.6 is 0 Å². The van der Waals surface area contributed by atoms with Crippen LogP contribution in [0.4, 0.5) is 17.6 Å². The third-order valence-electron chi connectivity index (χ3n) is 5.75. The summed E-state index contributed by atoms with van der Waals surface area (Å²) < 4.78 is 57.6. The summed E-state index contributed by atoms with van der Waals surface area (Å²) in [5.41, 5.74) is 1.57. The molecule has 0 radical (unpaired) electrons. The highest BCUT2D eigenvalue weighted by Gasteiger charge is 2.32. The second kappa shape index (κ2) is 11.3. The van der Waals surface area contributed by atoms with Crippen LogP contribution in [0.5, 0.6) is 5.75 Å². The predicted molar refractivity (Wildman–Crippen MR) is 124 cm³/mol. The highest BCUT2D eigenvalue weighted by molar-refractivity contribution is 5.83. The molecule has 35 heavy (non-hydrogen) atoms. The standard InChI is InChI=1S/C26H27F4N3O2/c1-16-14-19(8-11-21(16)27)22(12-4-17-5-13-23(32-15-17)26(28,29)30)33-24(25(34)31-2)18-6-9-20(35-3)10-7-18/h5-11,13-15,22,24,33H,4,12H2,1-3H3,(H,31,34)/t22-,24+/m0/s1. The fraction of sp³-hybridized carbons (Fsp3) is 0.308. The Bertz CT molecular complexity index is 1130. The number of halogens is 4. The van der Waals surface area contributed by atoms with Gasteiger partial charge in [0.15, 0.2) is 0 Å². The van der Waals surface area contributed by atoms with Gasteiger partial charge < -0.3 is 10.1 Å². The number of likely N-dealkylation sites (N-methyl/N-ethyl adjacent to an activating group) is 1. The molecule has 2 aromatic carbocycles. The van der Waals surface area contributed by atoms with Gasteiger partial charge in [-0.2, -0.15) is 13.2 Å². The van der Waals surface area contributed by atoms with E-state index in [2.05, 4.69) is 15.6 Å². The summed E-state index contributed by atoms with van der Waals surface area (Å²) in [5.74, 6) is 0.0255. The molecule has 2 atom stereocenters. The summed E-state index contributed by atoms with van der Waals surface area (Å²) in [4.78, 5) is 16.3. The van der Waals surface area contributed by atoms with Crippen molar-refractivity contribution in [3.63, 3.8) is 0 Å². The van der Waals surface area contributed by atoms with Gasteiger partial charge in [-0.15, -0.1) is 0 Å². The average molecular weight is 490 g/mol. The van der Waals surface area contributed by atoms with Crippen LogP contribution in [0, 0.1) is 12.7 Å². The SMILES string of the molecule is CNC(=O)[C@H](N[C@@H](CCc1ccc(C(F)(F)F)nc1)c1ccc(F)c(C)c1)c1ccc(OC)cc1. The van der Waals surface area contributed by atoms with E-state index >= 15 is 0 Å². The maximum absolute atomic E-state index is 13.9. The first-order valence-electron chi connectivity index (χ1n) is 11.0. The van der Waals surface area contributed by atoms with Gasteiger partial charge in [0, 0.05) is 19.3 Å². The van der Waals surface area contributed by atoms with Crippen LogP contribution in [0.15, 0.2) is 60.8 Å². The minimum absolute atomic E-state index is 0.268. The first-order chi connectivity index (χ1) is 16.6. The minimum Gasteiger partial charge on any atom is -0.497 e. The number of benzene rings is 2. The van der Waals surface area contributed by atoms with Crippen molar-refractivity contribution in [2.45, 2.75) is 38.0 Å². The monoisotopic (exact) mass is 489 g/mol. The number of ether oxygens (including phenoxy) is 1. The van der Waals surface area contributed by atoms with Gasteiger partial charge in [0.25, 0.3) is 0 Å². The number of pyridine rings is 1. The van der Waals surface area contributed by atoms with Crippen molar-refractivity contribution in [1.82, 2.24) is 15.6 Å². The summed E-state index contributed by atoms with van der Waals surface area (Å²) >= 11 is 0. The molecular weight excluding hydrogens is 462 g/mol. The van der Waals surface area contributed by atoms with Gasteiger partial charge in [-0.3, -0.25) is 15.1 Å². The Morgan fingerprint density at radius 3 is 2.29 bits per heavy atom. The molecule has 0 saturated carbocycles. The number of alkyl halides is 3. The number of amides is 1. The van der Waals surface area contributed by atoms with Gasteiger partial charge in [0.1, 0.15) is 23.3 Å². The topological polar surface area (TPSA) is 63.2 Å². The lowest BCUT2D eigenvalue weighted by molar-refractivity contribution is -0.141. The number of methoxy groups -OCH3 is 1. The van der Waals surface area contributed by atoms with Crippen molar-refractivity contribution in [2.24, 2.45) is 0 Å². The molecule has 3 aromatic rings. The van der Waals surface area contributed by atoms with Crippen LogP contribution < -0.4 is 15.4 Å². The number of carbonyl (C=O) groups excluding carboxylic acids is 1. The Kier molecular flexibility index (Phi) is 8.45. The lowest BCUT2D eigenvalue weighted by atomic mass is 9.95. The lowest BCUT2D eigenvalue weighted by Gasteiger charge is -2.26. The smallest absolute Gasteiger partial charge is 0.433 e. The number of hydrogen-bond donors (Lipinski definition) is 2. The molecule has 0 saturated heterocycles. The van der Waals surface area contributed by atoms with E-state index in [4.69, 9.17) is 4.74 Å². The van der Waals surface area contributed by atoms with Gasteiger partial charge >= 0.3 is 6.18 Å². The summed E-state index contributed by atoms with van der Waals surface area (Å²) in [5, 5.41) is 6.01. The molecule has 0 aliphatic carbocycles. The number of nitrogens with zero attached hydrogens (tertiary/aromatic N) is 1. The zero-order chi connectivity index (χ0) is 25.6. The molecule has 0 fully saturated rings. The molecule has 0 aliphatic rings. The fourth-order valence-corrected chi connectivity index (χ4v) is 3.75. The van der Waals surface area contributed by atoms with E-state index in [1.807, 2.05) is 0 Å². The van der Waals surface area contributed by atoms with Crippen LogP contribution in [0.2, 0.25) is 0 Å². The average Bonchev–Trinajstić information content (AvgIpc) is 2.85. The van der Waals surface area contributed by atoms with Crippen molar-refractivity contribution in [3.05, 3.63) is 94.6 Å². The molecular formula is C26H27F4N3O2. The predicted octanol–water partition coefficient (Wildman–Crippen LogP) is 5.31. The molecule has 1 heterocycles. The number of aryl methyl sites for hydroxylation is 2. The summed E-state index contributed by atoms with van der Waals surface area (Å²) in [7, 11) is 3.08. The highest BCUT2D eigenvalue weighted by Crippen LogP contribution is 2.29. The van der Waals surface area contributed by atoms with Crippen molar-refractivity contribution < 1.29 is 27.1 Å². The molecule has 3 rings (SSSR count). The van der Waals surface area contributed by atoms with Gasteiger partial charge in [-0.1, -0.05) is 30.3 Å². The van der Waals surface area contributed by atoms with Crippen LogP contribution in [0.3, 0.4) is 0 Å². The van der Waals surface area contributed by atoms with Crippen molar-refractivity contribution in [2.75, 3.05) is 14.2 Å². The first kappa shape index (κ1) is 26.2. The number of carbonyl (C=O) groups is 1. The Balaban J connectivity index is 1.89. The molecule has 186 valence electrons. The second-order valence-electron chi connectivity index (χ2n) is 8.14. The van der Waals surface area contributed by atoms with Gasteiger partial charge in [-0.25, -0.2) is 4.39 Å². The lowest BCUT2D eigenvalue weighted by Crippen LogP contribution is -2.38. The third-order valence-corrected chi connectivity index (χ3v) is 5.75. The van der Waals surface area contributed by atoms with Crippen molar-refractivity contribution in [1.29, 1.82) is 0 Å². The summed E-state index contributed by atoms with van der Waals surface area (Å²) in [6.07, 6.45) is -2.48. The Labute approximate surface area is 201 Å². The summed E-state index contributed by atoms with van der Waals surface area (Å²) in [6, 6.07) is 13.0. The Hall–Kier alpha value is -3.46. The quantitative estimate of drug-likeness (QED) is 0.400. The molecule has 9 heteroatoms. The molecule has 0 aliphatic heterocycles. The molecule has 0 bridgehead atoms. The number of rotatable bonds is 9. The van der Waals surface area contributed by atoms with Crippen LogP contribution in [0.1, 0.15) is 46.5 Å². The Morgan fingerprint density at radius 2 is 1.74 bits per heavy atom. The van der Waals surface area contributed by atoms with Crippen LogP contribution in [-0.4, -0.2) is 25.0 Å². The zero-order valence-electron chi connectivity index (χ0n) is 19.6. The van der Waals surface area contributed by atoms with E-state index in [1.54, 1.807) is 50.4 Å². The van der Waals surface area contributed by atoms with Gasteiger partial charge in [-0.05, 0) is 66.3 Å². The van der Waals surface area contributed by atoms with Crippen molar-refractivity contribution in [3.8, 4) is 5.75 Å². The zero-order valence-corrected chi connectivity index (χ0v) is 19.6. The van der Waals surface area contributed by atoms with E-state index < -0.39 is 24.0 Å². The second-order valence-corrected chi connectivity index (χ2v) is 8.14. The van der Waals surface area contributed by atoms with Crippen molar-refractivity contribution >= 4 is 5.91 Å². The number of nitrogens with one attached hydrogen (secondary N) is 2. The molecule has 1 amide bonds. The van der Waals surface area contributed by atoms with E-state index in [9.17, 15) is 22.4 Å². The summed E-state index contributed by atoms with van der Waals surface area (Å²) in [6.45, 7) is 1.65. The first-order valence-corrected chi connectivity index (χ1v) is 11.0. The fourth-order valence-electron chi connectivity index (χ4n) is 3.75. The maximum Gasteiger partial charge on any atom is 0.433 e. The Morgan fingerprint density at radius 1 is 1.06 bits per heavy atom. The van der Waals surface area contributed by atoms with E-state index in [0.717, 1.165) is 11.6 Å². The molecule has 2 N–H and O–H groups in total. The van der Waals surface area contributed by atoms with Gasteiger partial charge in [0.05, 0.1) is 7.11 Å². The molecule has 0 unspecified atom stereocenters. The maximum atomic E-state index is 13.9. The van der Waals surface area contributed by atoms with E-state index in [1.165, 1.54) is 25.4 Å². The molecule has 1 aromatic heterocycles. The van der Waals surface area contributed by atoms with Gasteiger partial charge in [0.2, 0.25) is 5.91 Å². The normalized spacial score (nSPS) is 13.2. The number of hydrogen-bond acceptors (Lipinski definition) is 4. The van der Waals surface area contributed by atoms with E-state index in [0.29, 0.717) is 35.3 Å². The van der Waals surface area contributed by atoms with Crippen LogP contribution in [-0.2, 0) is 17.4 Å². The minimum atomic E-state index is -4.51.